The SMILES string of the molecule is CN(C)C(=O)N1Cc2c(C(=O)OC(C)(C)C)ncn2-c2ccccc21. The number of ether oxygens (including phenoxy) is 1. The molecule has 3 rings (SSSR count). The summed E-state index contributed by atoms with van der Waals surface area (Å²) < 4.78 is 7.29. The van der Waals surface area contributed by atoms with Crippen LogP contribution in [0, 0.1) is 0 Å². The van der Waals surface area contributed by atoms with E-state index in [0.29, 0.717) is 5.69 Å². The van der Waals surface area contributed by atoms with Gasteiger partial charge < -0.3 is 9.64 Å². The normalized spacial score (nSPS) is 13.1. The summed E-state index contributed by atoms with van der Waals surface area (Å²) in [5.41, 5.74) is 1.85. The van der Waals surface area contributed by atoms with Crippen LogP contribution in [0.4, 0.5) is 10.5 Å². The molecule has 2 heterocycles. The van der Waals surface area contributed by atoms with Gasteiger partial charge in [-0.05, 0) is 32.9 Å². The van der Waals surface area contributed by atoms with Gasteiger partial charge in [0.15, 0.2) is 5.69 Å². The Balaban J connectivity index is 2.08. The highest BCUT2D eigenvalue weighted by Gasteiger charge is 2.32. The lowest BCUT2D eigenvalue weighted by Crippen LogP contribution is -2.42. The molecule has 0 aliphatic carbocycles. The van der Waals surface area contributed by atoms with Gasteiger partial charge in [-0.25, -0.2) is 14.6 Å². The largest absolute Gasteiger partial charge is 0.455 e. The fraction of sp³-hybridized carbons (Fsp3) is 0.389. The predicted octanol–water partition coefficient (Wildman–Crippen LogP) is 2.83. The number of amides is 2. The highest BCUT2D eigenvalue weighted by Crippen LogP contribution is 2.34. The molecule has 25 heavy (non-hydrogen) atoms. The molecular weight excluding hydrogens is 320 g/mol. The van der Waals surface area contributed by atoms with Crippen molar-refractivity contribution < 1.29 is 14.3 Å². The number of imidazole rings is 1. The fourth-order valence-corrected chi connectivity index (χ4v) is 2.77. The zero-order valence-corrected chi connectivity index (χ0v) is 15.1. The van der Waals surface area contributed by atoms with Gasteiger partial charge in [0, 0.05) is 14.1 Å². The number of esters is 1. The molecule has 132 valence electrons. The lowest BCUT2D eigenvalue weighted by molar-refractivity contribution is 0.00619. The number of anilines is 1. The van der Waals surface area contributed by atoms with E-state index >= 15 is 0 Å². The Hall–Kier alpha value is -2.83. The topological polar surface area (TPSA) is 67.7 Å². The first-order chi connectivity index (χ1) is 11.7. The van der Waals surface area contributed by atoms with E-state index in [1.165, 1.54) is 4.90 Å². The fourth-order valence-electron chi connectivity index (χ4n) is 2.77. The number of carbonyl (C=O) groups is 2. The second-order valence-electron chi connectivity index (χ2n) is 7.16. The van der Waals surface area contributed by atoms with Crippen LogP contribution in [0.15, 0.2) is 30.6 Å². The number of para-hydroxylation sites is 2. The van der Waals surface area contributed by atoms with Crippen LogP contribution in [0.25, 0.3) is 5.69 Å². The Bertz CT molecular complexity index is 833. The minimum Gasteiger partial charge on any atom is -0.455 e. The summed E-state index contributed by atoms with van der Waals surface area (Å²) in [7, 11) is 3.40. The molecule has 1 aliphatic rings. The second kappa shape index (κ2) is 5.91. The molecule has 7 nitrogen and oxygen atoms in total. The second-order valence-corrected chi connectivity index (χ2v) is 7.16. The minimum absolute atomic E-state index is 0.157. The van der Waals surface area contributed by atoms with Gasteiger partial charge in [0.2, 0.25) is 0 Å². The van der Waals surface area contributed by atoms with Gasteiger partial charge in [-0.15, -0.1) is 0 Å². The van der Waals surface area contributed by atoms with Gasteiger partial charge in [-0.2, -0.15) is 0 Å². The molecule has 0 fully saturated rings. The molecule has 0 N–H and O–H groups in total. The first-order valence-corrected chi connectivity index (χ1v) is 8.07. The molecule has 7 heteroatoms. The standard InChI is InChI=1S/C18H22N4O3/c1-18(2,3)25-16(23)15-14-10-21(17(24)20(4)5)12-8-6-7-9-13(12)22(14)11-19-15/h6-9,11H,10H2,1-5H3. The van der Waals surface area contributed by atoms with Crippen LogP contribution in [0.1, 0.15) is 37.0 Å². The van der Waals surface area contributed by atoms with Crippen molar-refractivity contribution in [2.75, 3.05) is 19.0 Å². The molecule has 2 amide bonds. The van der Waals surface area contributed by atoms with E-state index in [0.717, 1.165) is 11.4 Å². The zero-order valence-electron chi connectivity index (χ0n) is 15.1. The van der Waals surface area contributed by atoms with Gasteiger partial charge in [0.05, 0.1) is 23.6 Å². The monoisotopic (exact) mass is 342 g/mol. The third-order valence-electron chi connectivity index (χ3n) is 3.81. The Labute approximate surface area is 146 Å². The molecule has 0 saturated carbocycles. The first-order valence-electron chi connectivity index (χ1n) is 8.07. The molecule has 0 unspecified atom stereocenters. The maximum Gasteiger partial charge on any atom is 0.359 e. The van der Waals surface area contributed by atoms with Crippen molar-refractivity contribution >= 4 is 17.7 Å². The third-order valence-corrected chi connectivity index (χ3v) is 3.81. The summed E-state index contributed by atoms with van der Waals surface area (Å²) in [4.78, 5) is 32.5. The summed E-state index contributed by atoms with van der Waals surface area (Å²) >= 11 is 0. The molecular formula is C18H22N4O3. The van der Waals surface area contributed by atoms with E-state index in [1.54, 1.807) is 25.3 Å². The Morgan fingerprint density at radius 3 is 2.40 bits per heavy atom. The molecule has 1 aromatic heterocycles. The summed E-state index contributed by atoms with van der Waals surface area (Å²) in [5.74, 6) is -0.488. The lowest BCUT2D eigenvalue weighted by Gasteiger charge is -2.32. The Morgan fingerprint density at radius 1 is 1.16 bits per heavy atom. The molecule has 0 spiro atoms. The van der Waals surface area contributed by atoms with Gasteiger partial charge >= 0.3 is 12.0 Å². The van der Waals surface area contributed by atoms with E-state index in [-0.39, 0.29) is 18.3 Å². The van der Waals surface area contributed by atoms with Crippen LogP contribution < -0.4 is 4.90 Å². The molecule has 0 atom stereocenters. The van der Waals surface area contributed by atoms with Crippen molar-refractivity contribution in [1.82, 2.24) is 14.5 Å². The number of benzene rings is 1. The molecule has 1 aromatic carbocycles. The number of hydrogen-bond acceptors (Lipinski definition) is 4. The molecule has 2 aromatic rings. The highest BCUT2D eigenvalue weighted by atomic mass is 16.6. The zero-order chi connectivity index (χ0) is 18.4. The molecule has 0 radical (unpaired) electrons. The van der Waals surface area contributed by atoms with E-state index in [4.69, 9.17) is 4.74 Å². The van der Waals surface area contributed by atoms with Crippen LogP contribution in [0.3, 0.4) is 0 Å². The molecule has 0 saturated heterocycles. The molecule has 0 bridgehead atoms. The van der Waals surface area contributed by atoms with Crippen LogP contribution in [0.2, 0.25) is 0 Å². The minimum atomic E-state index is -0.612. The van der Waals surface area contributed by atoms with Gasteiger partial charge in [0.1, 0.15) is 11.9 Å². The van der Waals surface area contributed by atoms with Gasteiger partial charge in [-0.1, -0.05) is 12.1 Å². The third kappa shape index (κ3) is 3.09. The van der Waals surface area contributed by atoms with Crippen LogP contribution in [-0.4, -0.2) is 46.1 Å². The number of fused-ring (bicyclic) bond motifs is 3. The van der Waals surface area contributed by atoms with E-state index in [1.807, 2.05) is 49.6 Å². The van der Waals surface area contributed by atoms with E-state index in [2.05, 4.69) is 4.98 Å². The van der Waals surface area contributed by atoms with Gasteiger partial charge in [-0.3, -0.25) is 9.47 Å². The average molecular weight is 342 g/mol. The Morgan fingerprint density at radius 2 is 1.80 bits per heavy atom. The number of urea groups is 1. The number of rotatable bonds is 1. The predicted molar refractivity (Wildman–Crippen MR) is 94.0 cm³/mol. The van der Waals surface area contributed by atoms with Crippen molar-refractivity contribution in [3.63, 3.8) is 0 Å². The number of hydrogen-bond donors (Lipinski definition) is 0. The highest BCUT2D eigenvalue weighted by molar-refractivity contribution is 5.96. The summed E-state index contributed by atoms with van der Waals surface area (Å²) in [6.07, 6.45) is 1.60. The van der Waals surface area contributed by atoms with Crippen molar-refractivity contribution in [3.8, 4) is 5.69 Å². The van der Waals surface area contributed by atoms with Crippen LogP contribution in [-0.2, 0) is 11.3 Å². The summed E-state index contributed by atoms with van der Waals surface area (Å²) in [6.45, 7) is 5.68. The lowest BCUT2D eigenvalue weighted by atomic mass is 10.1. The van der Waals surface area contributed by atoms with Gasteiger partial charge in [0.25, 0.3) is 0 Å². The quantitative estimate of drug-likeness (QED) is 0.748. The maximum atomic E-state index is 12.6. The molecule has 1 aliphatic heterocycles. The smallest absolute Gasteiger partial charge is 0.359 e. The van der Waals surface area contributed by atoms with E-state index < -0.39 is 11.6 Å². The van der Waals surface area contributed by atoms with Crippen LogP contribution in [0.5, 0.6) is 0 Å². The average Bonchev–Trinajstić information content (AvgIpc) is 2.96. The number of carbonyl (C=O) groups excluding carboxylic acids is 2. The Kier molecular flexibility index (Phi) is 4.02. The summed E-state index contributed by atoms with van der Waals surface area (Å²) in [6, 6.07) is 7.39. The van der Waals surface area contributed by atoms with Crippen molar-refractivity contribution in [3.05, 3.63) is 42.0 Å². The van der Waals surface area contributed by atoms with Crippen molar-refractivity contribution in [2.24, 2.45) is 0 Å². The summed E-state index contributed by atoms with van der Waals surface area (Å²) in [5, 5.41) is 0. The van der Waals surface area contributed by atoms with Crippen molar-refractivity contribution in [1.29, 1.82) is 0 Å². The van der Waals surface area contributed by atoms with Crippen LogP contribution >= 0.6 is 0 Å². The maximum absolute atomic E-state index is 12.6. The van der Waals surface area contributed by atoms with E-state index in [9.17, 15) is 9.59 Å². The number of nitrogens with zero attached hydrogens (tertiary/aromatic N) is 4. The first kappa shape index (κ1) is 17.0. The van der Waals surface area contributed by atoms with Crippen molar-refractivity contribution in [2.45, 2.75) is 32.9 Å². The number of aromatic nitrogens is 2.